The fourth-order valence-corrected chi connectivity index (χ4v) is 4.89. The molecule has 0 unspecified atom stereocenters. The van der Waals surface area contributed by atoms with Crippen molar-refractivity contribution in [3.63, 3.8) is 0 Å². The molecule has 0 bridgehead atoms. The van der Waals surface area contributed by atoms with Crippen molar-refractivity contribution in [1.29, 1.82) is 5.41 Å². The molecule has 9 nitrogen and oxygen atoms in total. The van der Waals surface area contributed by atoms with Gasteiger partial charge in [0, 0.05) is 0 Å². The molecule has 0 saturated heterocycles. The number of benzene rings is 3. The molecule has 0 fully saturated rings. The third-order valence-corrected chi connectivity index (χ3v) is 6.95. The Morgan fingerprint density at radius 2 is 1.73 bits per heavy atom. The first-order chi connectivity index (χ1) is 19.4. The van der Waals surface area contributed by atoms with Crippen molar-refractivity contribution in [3.05, 3.63) is 88.5 Å². The third kappa shape index (κ3) is 6.30. The number of hydrazone groups is 1. The number of hydrogen-bond acceptors (Lipinski definition) is 8. The predicted octanol–water partition coefficient (Wildman–Crippen LogP) is 5.81. The number of hydrogen-bond donors (Lipinski definition) is 1. The van der Waals surface area contributed by atoms with Gasteiger partial charge in [-0.1, -0.05) is 47.5 Å². The predicted molar refractivity (Wildman–Crippen MR) is 157 cm³/mol. The van der Waals surface area contributed by atoms with Crippen molar-refractivity contribution < 1.29 is 23.7 Å². The summed E-state index contributed by atoms with van der Waals surface area (Å²) in [6.45, 7) is 2.76. The van der Waals surface area contributed by atoms with Gasteiger partial charge in [-0.2, -0.15) is 15.1 Å². The van der Waals surface area contributed by atoms with Gasteiger partial charge in [0.2, 0.25) is 5.17 Å². The first kappa shape index (κ1) is 27.3. The van der Waals surface area contributed by atoms with Gasteiger partial charge in [0.25, 0.3) is 5.91 Å². The molecule has 11 heteroatoms. The van der Waals surface area contributed by atoms with Gasteiger partial charge in [0.05, 0.1) is 17.7 Å². The molecule has 3 aromatic carbocycles. The zero-order valence-electron chi connectivity index (χ0n) is 21.7. The maximum absolute atomic E-state index is 12.8. The van der Waals surface area contributed by atoms with Gasteiger partial charge >= 0.3 is 0 Å². The number of nitrogens with zero attached hydrogens (tertiary/aromatic N) is 3. The molecule has 0 saturated carbocycles. The van der Waals surface area contributed by atoms with E-state index in [1.165, 1.54) is 30.0 Å². The highest BCUT2D eigenvalue weighted by Crippen LogP contribution is 2.37. The SMILES string of the molecule is COc1cc(C=C2C(=N)N3N=C(COc4ccccc4)SC3=NC2=O)cc(Cl)c1OCCOc1ccc(C)cc1. The van der Waals surface area contributed by atoms with E-state index in [9.17, 15) is 4.79 Å². The van der Waals surface area contributed by atoms with Crippen molar-refractivity contribution >= 4 is 51.4 Å². The van der Waals surface area contributed by atoms with Crippen LogP contribution in [0.15, 0.2) is 82.4 Å². The van der Waals surface area contributed by atoms with Crippen LogP contribution in [0.4, 0.5) is 0 Å². The van der Waals surface area contributed by atoms with Crippen molar-refractivity contribution in [1.82, 2.24) is 5.01 Å². The molecule has 0 aromatic heterocycles. The summed E-state index contributed by atoms with van der Waals surface area (Å²) in [6.07, 6.45) is 1.53. The lowest BCUT2D eigenvalue weighted by Crippen LogP contribution is -2.35. The number of methoxy groups -OCH3 is 1. The first-order valence-corrected chi connectivity index (χ1v) is 13.5. The molecule has 0 aliphatic carbocycles. The number of carbonyl (C=O) groups is 1. The Balaban J connectivity index is 1.26. The van der Waals surface area contributed by atoms with Crippen molar-refractivity contribution in [3.8, 4) is 23.0 Å². The van der Waals surface area contributed by atoms with Gasteiger partial charge in [-0.3, -0.25) is 10.2 Å². The van der Waals surface area contributed by atoms with E-state index in [1.54, 1.807) is 12.1 Å². The van der Waals surface area contributed by atoms with Gasteiger partial charge in [0.1, 0.15) is 36.4 Å². The number of ether oxygens (including phenoxy) is 4. The summed E-state index contributed by atoms with van der Waals surface area (Å²) in [5.41, 5.74) is 1.76. The van der Waals surface area contributed by atoms with Gasteiger partial charge in [-0.05, 0) is 66.7 Å². The minimum Gasteiger partial charge on any atom is -0.493 e. The fraction of sp³-hybridized carbons (Fsp3) is 0.172. The number of para-hydroxylation sites is 1. The molecule has 0 radical (unpaired) electrons. The number of halogens is 1. The lowest BCUT2D eigenvalue weighted by molar-refractivity contribution is -0.114. The van der Waals surface area contributed by atoms with Crippen molar-refractivity contribution in [2.45, 2.75) is 6.92 Å². The number of thioether (sulfide) groups is 1. The Hall–Kier alpha value is -4.28. The number of amidine groups is 2. The van der Waals surface area contributed by atoms with E-state index in [0.29, 0.717) is 39.6 Å². The Labute approximate surface area is 240 Å². The zero-order valence-corrected chi connectivity index (χ0v) is 23.3. The number of rotatable bonds is 10. The maximum atomic E-state index is 12.8. The molecule has 0 spiro atoms. The van der Waals surface area contributed by atoms with E-state index < -0.39 is 5.91 Å². The molecule has 40 heavy (non-hydrogen) atoms. The summed E-state index contributed by atoms with van der Waals surface area (Å²) in [4.78, 5) is 17.0. The highest BCUT2D eigenvalue weighted by Gasteiger charge is 2.35. The number of amides is 1. The van der Waals surface area contributed by atoms with Crippen LogP contribution in [0.3, 0.4) is 0 Å². The summed E-state index contributed by atoms with van der Waals surface area (Å²) in [5, 5.41) is 15.5. The molecule has 204 valence electrons. The van der Waals surface area contributed by atoms with Crippen LogP contribution in [0.2, 0.25) is 5.02 Å². The molecular weight excluding hydrogens is 552 g/mol. The normalized spacial score (nSPS) is 15.5. The van der Waals surface area contributed by atoms with E-state index in [0.717, 1.165) is 11.3 Å². The average Bonchev–Trinajstić information content (AvgIpc) is 3.37. The van der Waals surface area contributed by atoms with Crippen LogP contribution in [-0.4, -0.2) is 53.9 Å². The van der Waals surface area contributed by atoms with E-state index in [-0.39, 0.29) is 29.6 Å². The van der Waals surface area contributed by atoms with Crippen LogP contribution in [0.1, 0.15) is 11.1 Å². The number of nitrogens with one attached hydrogen (secondary N) is 1. The van der Waals surface area contributed by atoms with Gasteiger partial charge in [-0.15, -0.1) is 0 Å². The molecule has 1 N–H and O–H groups in total. The minimum absolute atomic E-state index is 0.0663. The molecule has 2 aliphatic rings. The molecule has 0 atom stereocenters. The lowest BCUT2D eigenvalue weighted by Gasteiger charge is -2.20. The highest BCUT2D eigenvalue weighted by molar-refractivity contribution is 8.27. The van der Waals surface area contributed by atoms with E-state index in [2.05, 4.69) is 10.1 Å². The quantitative estimate of drug-likeness (QED) is 0.240. The summed E-state index contributed by atoms with van der Waals surface area (Å²) >= 11 is 7.71. The summed E-state index contributed by atoms with van der Waals surface area (Å²) in [5.74, 6) is 1.53. The molecule has 1 amide bonds. The smallest absolute Gasteiger partial charge is 0.283 e. The highest BCUT2D eigenvalue weighted by atomic mass is 35.5. The second kappa shape index (κ2) is 12.3. The fourth-order valence-electron chi connectivity index (χ4n) is 3.82. The van der Waals surface area contributed by atoms with Crippen LogP contribution in [0, 0.1) is 12.3 Å². The van der Waals surface area contributed by atoms with Gasteiger partial charge < -0.3 is 18.9 Å². The second-order valence-corrected chi connectivity index (χ2v) is 10.1. The van der Waals surface area contributed by atoms with E-state index in [1.807, 2.05) is 61.5 Å². The molecular formula is C29H25ClN4O5S. The van der Waals surface area contributed by atoms with Crippen LogP contribution >= 0.6 is 23.4 Å². The molecule has 3 aromatic rings. The summed E-state index contributed by atoms with van der Waals surface area (Å²) in [7, 11) is 1.50. The van der Waals surface area contributed by atoms with Crippen LogP contribution in [-0.2, 0) is 4.79 Å². The molecule has 5 rings (SSSR count). The average molecular weight is 577 g/mol. The maximum Gasteiger partial charge on any atom is 0.283 e. The van der Waals surface area contributed by atoms with E-state index in [4.69, 9.17) is 36.0 Å². The Bertz CT molecular complexity index is 1520. The number of fused-ring (bicyclic) bond motifs is 1. The topological polar surface area (TPSA) is 106 Å². The first-order valence-electron chi connectivity index (χ1n) is 12.3. The van der Waals surface area contributed by atoms with E-state index >= 15 is 0 Å². The standard InChI is InChI=1S/C29H25ClN4O5S/c1-18-8-10-21(11-9-18)37-12-13-38-26-23(30)15-19(16-24(26)36-2)14-22-27(31)34-29(32-28(22)35)40-25(33-34)17-39-20-6-4-3-5-7-20/h3-11,14-16,31H,12-13,17H2,1-2H3. The van der Waals surface area contributed by atoms with Crippen LogP contribution in [0.5, 0.6) is 23.0 Å². The minimum atomic E-state index is -0.548. The number of carbonyl (C=O) groups excluding carboxylic acids is 1. The summed E-state index contributed by atoms with van der Waals surface area (Å²) < 4.78 is 22.8. The monoisotopic (exact) mass is 576 g/mol. The summed E-state index contributed by atoms with van der Waals surface area (Å²) in [6, 6.07) is 20.4. The lowest BCUT2D eigenvalue weighted by atomic mass is 10.1. The molecule has 2 heterocycles. The number of aliphatic imine (C=N–C) groups is 1. The largest absolute Gasteiger partial charge is 0.493 e. The van der Waals surface area contributed by atoms with Gasteiger partial charge in [0.15, 0.2) is 17.3 Å². The number of aryl methyl sites for hydroxylation is 1. The van der Waals surface area contributed by atoms with Crippen LogP contribution in [0.25, 0.3) is 6.08 Å². The zero-order chi connectivity index (χ0) is 28.1. The second-order valence-electron chi connectivity index (χ2n) is 8.66. The third-order valence-electron chi connectivity index (χ3n) is 5.78. The van der Waals surface area contributed by atoms with Crippen molar-refractivity contribution in [2.75, 3.05) is 26.9 Å². The Morgan fingerprint density at radius 3 is 2.48 bits per heavy atom. The van der Waals surface area contributed by atoms with Gasteiger partial charge in [-0.25, -0.2) is 0 Å². The Morgan fingerprint density at radius 1 is 1.00 bits per heavy atom. The van der Waals surface area contributed by atoms with Crippen LogP contribution < -0.4 is 18.9 Å². The van der Waals surface area contributed by atoms with Crippen molar-refractivity contribution in [2.24, 2.45) is 10.1 Å². The Kier molecular flexibility index (Phi) is 8.37. The molecule has 2 aliphatic heterocycles.